The van der Waals surface area contributed by atoms with Crippen LogP contribution in [0.5, 0.6) is 0 Å². The maximum Gasteiger partial charge on any atom is 0.186 e. The lowest BCUT2D eigenvalue weighted by Gasteiger charge is -2.25. The van der Waals surface area contributed by atoms with E-state index in [4.69, 9.17) is 9.72 Å². The van der Waals surface area contributed by atoms with Crippen LogP contribution in [0.1, 0.15) is 5.69 Å². The minimum absolute atomic E-state index is 0.792. The van der Waals surface area contributed by atoms with Gasteiger partial charge in [-0.05, 0) is 6.92 Å². The molecule has 1 saturated heterocycles. The number of rotatable bonds is 2. The predicted octanol–water partition coefficient (Wildman–Crippen LogP) is 1.69. The predicted molar refractivity (Wildman–Crippen MR) is 72.1 cm³/mol. The van der Waals surface area contributed by atoms with Crippen molar-refractivity contribution in [3.05, 3.63) is 17.3 Å². The fraction of sp³-hybridized carbons (Fsp3) is 0.500. The molecule has 0 unspecified atom stereocenters. The van der Waals surface area contributed by atoms with Crippen molar-refractivity contribution in [1.82, 2.24) is 14.8 Å². The van der Waals surface area contributed by atoms with Crippen LogP contribution in [0.4, 0.5) is 5.13 Å². The second-order valence-corrected chi connectivity index (χ2v) is 5.25. The molecule has 2 aromatic rings. The molecule has 1 aliphatic rings. The van der Waals surface area contributed by atoms with E-state index in [1.807, 2.05) is 24.9 Å². The Bertz CT molecular complexity index is 542. The molecule has 0 bridgehead atoms. The van der Waals surface area contributed by atoms with Gasteiger partial charge >= 0.3 is 0 Å². The Morgan fingerprint density at radius 1 is 1.33 bits per heavy atom. The van der Waals surface area contributed by atoms with Crippen LogP contribution in [0.15, 0.2) is 11.6 Å². The molecule has 3 rings (SSSR count). The van der Waals surface area contributed by atoms with E-state index in [-0.39, 0.29) is 0 Å². The van der Waals surface area contributed by atoms with Gasteiger partial charge in [-0.1, -0.05) is 0 Å². The number of morpholine rings is 1. The fourth-order valence-corrected chi connectivity index (χ4v) is 3.02. The second kappa shape index (κ2) is 4.70. The molecular formula is C12H16N4OS. The van der Waals surface area contributed by atoms with Crippen LogP contribution < -0.4 is 4.90 Å². The van der Waals surface area contributed by atoms with E-state index in [1.165, 1.54) is 0 Å². The average Bonchev–Trinajstić information content (AvgIpc) is 2.97. The lowest BCUT2D eigenvalue weighted by Crippen LogP contribution is -2.36. The number of hydrogen-bond acceptors (Lipinski definition) is 5. The SMILES string of the molecule is Cc1nn(C)cc1-c1csc(N2CCOCC2)n1. The lowest BCUT2D eigenvalue weighted by molar-refractivity contribution is 0.122. The highest BCUT2D eigenvalue weighted by Gasteiger charge is 2.16. The van der Waals surface area contributed by atoms with Gasteiger partial charge in [-0.2, -0.15) is 5.10 Å². The Morgan fingerprint density at radius 2 is 2.11 bits per heavy atom. The minimum atomic E-state index is 0.792. The van der Waals surface area contributed by atoms with Gasteiger partial charge in [-0.15, -0.1) is 11.3 Å². The van der Waals surface area contributed by atoms with Crippen LogP contribution in [-0.2, 0) is 11.8 Å². The molecule has 5 nitrogen and oxygen atoms in total. The zero-order valence-corrected chi connectivity index (χ0v) is 11.4. The summed E-state index contributed by atoms with van der Waals surface area (Å²) in [6.45, 7) is 5.46. The van der Waals surface area contributed by atoms with E-state index in [0.717, 1.165) is 48.4 Å². The maximum atomic E-state index is 5.36. The van der Waals surface area contributed by atoms with Gasteiger partial charge in [0.15, 0.2) is 5.13 Å². The minimum Gasteiger partial charge on any atom is -0.378 e. The molecule has 0 aliphatic carbocycles. The Kier molecular flexibility index (Phi) is 3.05. The van der Waals surface area contributed by atoms with Gasteiger partial charge in [0.1, 0.15) is 0 Å². The Labute approximate surface area is 110 Å². The van der Waals surface area contributed by atoms with Crippen LogP contribution >= 0.6 is 11.3 Å². The summed E-state index contributed by atoms with van der Waals surface area (Å²) in [5, 5.41) is 7.54. The summed E-state index contributed by atoms with van der Waals surface area (Å²) >= 11 is 1.69. The summed E-state index contributed by atoms with van der Waals surface area (Å²) in [5.41, 5.74) is 3.16. The van der Waals surface area contributed by atoms with Crippen LogP contribution in [0, 0.1) is 6.92 Å². The van der Waals surface area contributed by atoms with Crippen molar-refractivity contribution in [3.8, 4) is 11.3 Å². The number of thiazole rings is 1. The highest BCUT2D eigenvalue weighted by Crippen LogP contribution is 2.29. The van der Waals surface area contributed by atoms with Crippen molar-refractivity contribution < 1.29 is 4.74 Å². The molecule has 0 atom stereocenters. The van der Waals surface area contributed by atoms with Crippen LogP contribution in [0.2, 0.25) is 0 Å². The smallest absolute Gasteiger partial charge is 0.186 e. The molecule has 0 radical (unpaired) electrons. The van der Waals surface area contributed by atoms with E-state index in [2.05, 4.69) is 15.4 Å². The number of aryl methyl sites for hydroxylation is 2. The average molecular weight is 264 g/mol. The summed E-state index contributed by atoms with van der Waals surface area (Å²) in [6.07, 6.45) is 2.02. The summed E-state index contributed by atoms with van der Waals surface area (Å²) in [6, 6.07) is 0. The first-order valence-corrected chi connectivity index (χ1v) is 6.91. The largest absolute Gasteiger partial charge is 0.378 e. The molecule has 2 aromatic heterocycles. The number of aromatic nitrogens is 3. The molecule has 1 fully saturated rings. The summed E-state index contributed by atoms with van der Waals surface area (Å²) < 4.78 is 7.19. The first-order valence-electron chi connectivity index (χ1n) is 6.03. The van der Waals surface area contributed by atoms with Crippen LogP contribution in [-0.4, -0.2) is 41.1 Å². The third-order valence-electron chi connectivity index (χ3n) is 3.06. The van der Waals surface area contributed by atoms with Gasteiger partial charge in [-0.3, -0.25) is 4.68 Å². The Hall–Kier alpha value is -1.40. The van der Waals surface area contributed by atoms with E-state index in [0.29, 0.717) is 0 Å². The Morgan fingerprint density at radius 3 is 2.78 bits per heavy atom. The molecule has 3 heterocycles. The molecule has 0 saturated carbocycles. The number of nitrogens with zero attached hydrogens (tertiary/aromatic N) is 4. The molecule has 96 valence electrons. The first kappa shape index (κ1) is 11.7. The van der Waals surface area contributed by atoms with Crippen LogP contribution in [0.3, 0.4) is 0 Å². The lowest BCUT2D eigenvalue weighted by atomic mass is 10.2. The van der Waals surface area contributed by atoms with E-state index in [1.54, 1.807) is 11.3 Å². The Balaban J connectivity index is 1.86. The van der Waals surface area contributed by atoms with Gasteiger partial charge < -0.3 is 9.64 Å². The molecule has 0 amide bonds. The van der Waals surface area contributed by atoms with Gasteiger partial charge in [0.05, 0.1) is 24.6 Å². The third-order valence-corrected chi connectivity index (χ3v) is 3.96. The van der Waals surface area contributed by atoms with Crippen molar-refractivity contribution in [2.75, 3.05) is 31.2 Å². The summed E-state index contributed by atoms with van der Waals surface area (Å²) in [7, 11) is 1.94. The molecule has 0 spiro atoms. The first-order chi connectivity index (χ1) is 8.74. The highest BCUT2D eigenvalue weighted by molar-refractivity contribution is 7.14. The van der Waals surface area contributed by atoms with Crippen molar-refractivity contribution in [3.63, 3.8) is 0 Å². The molecule has 0 aromatic carbocycles. The maximum absolute atomic E-state index is 5.36. The van der Waals surface area contributed by atoms with Crippen molar-refractivity contribution >= 4 is 16.5 Å². The van der Waals surface area contributed by atoms with Gasteiger partial charge in [0.25, 0.3) is 0 Å². The molecule has 6 heteroatoms. The standard InChI is InChI=1S/C12H16N4OS/c1-9-10(7-15(2)14-9)11-8-18-12(13-11)16-3-5-17-6-4-16/h7-8H,3-6H2,1-2H3. The van der Waals surface area contributed by atoms with Crippen molar-refractivity contribution in [2.24, 2.45) is 7.05 Å². The fourth-order valence-electron chi connectivity index (χ4n) is 2.14. The number of ether oxygens (including phenoxy) is 1. The zero-order chi connectivity index (χ0) is 12.5. The zero-order valence-electron chi connectivity index (χ0n) is 10.6. The van der Waals surface area contributed by atoms with E-state index < -0.39 is 0 Å². The van der Waals surface area contributed by atoms with E-state index >= 15 is 0 Å². The van der Waals surface area contributed by atoms with E-state index in [9.17, 15) is 0 Å². The summed E-state index contributed by atoms with van der Waals surface area (Å²) in [5.74, 6) is 0. The van der Waals surface area contributed by atoms with Gasteiger partial charge in [-0.25, -0.2) is 4.98 Å². The number of anilines is 1. The number of hydrogen-bond donors (Lipinski definition) is 0. The van der Waals surface area contributed by atoms with Crippen molar-refractivity contribution in [2.45, 2.75) is 6.92 Å². The molecule has 0 N–H and O–H groups in total. The highest BCUT2D eigenvalue weighted by atomic mass is 32.1. The molecular weight excluding hydrogens is 248 g/mol. The van der Waals surface area contributed by atoms with Crippen LogP contribution in [0.25, 0.3) is 11.3 Å². The topological polar surface area (TPSA) is 43.2 Å². The molecule has 1 aliphatic heterocycles. The third kappa shape index (κ3) is 2.13. The molecule has 18 heavy (non-hydrogen) atoms. The second-order valence-electron chi connectivity index (χ2n) is 4.42. The normalized spacial score (nSPS) is 16.2. The monoisotopic (exact) mass is 264 g/mol. The van der Waals surface area contributed by atoms with Gasteiger partial charge in [0, 0.05) is 37.3 Å². The van der Waals surface area contributed by atoms with Gasteiger partial charge in [0.2, 0.25) is 0 Å². The quantitative estimate of drug-likeness (QED) is 0.828. The summed E-state index contributed by atoms with van der Waals surface area (Å²) in [4.78, 5) is 7.00. The van der Waals surface area contributed by atoms with Crippen molar-refractivity contribution in [1.29, 1.82) is 0 Å².